The number of rotatable bonds is 2. The monoisotopic (exact) mass is 246 g/mol. The van der Waals surface area contributed by atoms with Crippen molar-refractivity contribution in [3.8, 4) is 11.8 Å². The van der Waals surface area contributed by atoms with Gasteiger partial charge in [0.05, 0.1) is 11.4 Å². The van der Waals surface area contributed by atoms with Crippen LogP contribution in [0.5, 0.6) is 0 Å². The minimum absolute atomic E-state index is 0.377. The van der Waals surface area contributed by atoms with E-state index < -0.39 is 0 Å². The molecule has 0 N–H and O–H groups in total. The molecular weight excluding hydrogens is 236 g/mol. The molecule has 0 unspecified atom stereocenters. The zero-order chi connectivity index (χ0) is 12.4. The fourth-order valence-corrected chi connectivity index (χ4v) is 1.98. The zero-order valence-electron chi connectivity index (χ0n) is 9.61. The van der Waals surface area contributed by atoms with Crippen LogP contribution in [0.25, 0.3) is 5.69 Å². The molecule has 1 aromatic heterocycles. The highest BCUT2D eigenvalue weighted by atomic mass is 35.5. The Morgan fingerprint density at radius 3 is 2.82 bits per heavy atom. The van der Waals surface area contributed by atoms with Crippen LogP contribution >= 0.6 is 11.6 Å². The Morgan fingerprint density at radius 2 is 2.24 bits per heavy atom. The zero-order valence-corrected chi connectivity index (χ0v) is 10.4. The topological polar surface area (TPSA) is 54.5 Å². The lowest BCUT2D eigenvalue weighted by Gasteiger charge is -2.08. The first-order valence-electron chi connectivity index (χ1n) is 5.28. The van der Waals surface area contributed by atoms with Crippen LogP contribution in [0.3, 0.4) is 0 Å². The highest BCUT2D eigenvalue weighted by Gasteiger charge is 2.13. The second-order valence-electron chi connectivity index (χ2n) is 3.69. The summed E-state index contributed by atoms with van der Waals surface area (Å²) in [5.74, 6) is 0. The summed E-state index contributed by atoms with van der Waals surface area (Å²) in [5.41, 5.74) is 3.10. The van der Waals surface area contributed by atoms with E-state index in [1.165, 1.54) is 0 Å². The SMILES string of the molecule is CCc1c(C#N)nnn1-c1ccc(Cl)cc1C. The van der Waals surface area contributed by atoms with Crippen molar-refractivity contribution in [3.63, 3.8) is 0 Å². The first-order chi connectivity index (χ1) is 8.17. The van der Waals surface area contributed by atoms with Gasteiger partial charge < -0.3 is 0 Å². The van der Waals surface area contributed by atoms with Crippen molar-refractivity contribution in [3.05, 3.63) is 40.2 Å². The summed E-state index contributed by atoms with van der Waals surface area (Å²) in [6.45, 7) is 3.93. The van der Waals surface area contributed by atoms with E-state index in [0.717, 1.165) is 16.9 Å². The van der Waals surface area contributed by atoms with Crippen LogP contribution in [0.15, 0.2) is 18.2 Å². The molecule has 0 atom stereocenters. The van der Waals surface area contributed by atoms with Crippen molar-refractivity contribution in [1.29, 1.82) is 5.26 Å². The normalized spacial score (nSPS) is 10.2. The van der Waals surface area contributed by atoms with Gasteiger partial charge in [0.15, 0.2) is 5.69 Å². The molecule has 0 aliphatic carbocycles. The average molecular weight is 247 g/mol. The van der Waals surface area contributed by atoms with Crippen LogP contribution in [-0.2, 0) is 6.42 Å². The van der Waals surface area contributed by atoms with E-state index in [1.807, 2.05) is 32.0 Å². The highest BCUT2D eigenvalue weighted by Crippen LogP contribution is 2.20. The maximum atomic E-state index is 8.94. The van der Waals surface area contributed by atoms with Gasteiger partial charge in [-0.25, -0.2) is 4.68 Å². The quantitative estimate of drug-likeness (QED) is 0.819. The molecule has 1 aromatic carbocycles. The number of halogens is 1. The van der Waals surface area contributed by atoms with Crippen LogP contribution in [0.1, 0.15) is 23.9 Å². The molecular formula is C12H11ClN4. The predicted molar refractivity (Wildman–Crippen MR) is 65.2 cm³/mol. The molecule has 0 aliphatic rings. The molecule has 17 heavy (non-hydrogen) atoms. The number of nitriles is 1. The van der Waals surface area contributed by atoms with Gasteiger partial charge >= 0.3 is 0 Å². The molecule has 5 heteroatoms. The number of hydrogen-bond donors (Lipinski definition) is 0. The molecule has 4 nitrogen and oxygen atoms in total. The summed E-state index contributed by atoms with van der Waals surface area (Å²) in [4.78, 5) is 0. The smallest absolute Gasteiger partial charge is 0.186 e. The Labute approximate surface area is 104 Å². The van der Waals surface area contributed by atoms with Gasteiger partial charge in [-0.3, -0.25) is 0 Å². The van der Waals surface area contributed by atoms with Crippen molar-refractivity contribution < 1.29 is 0 Å². The lowest BCUT2D eigenvalue weighted by molar-refractivity contribution is 0.763. The van der Waals surface area contributed by atoms with Crippen molar-refractivity contribution >= 4 is 11.6 Å². The van der Waals surface area contributed by atoms with Gasteiger partial charge in [0.1, 0.15) is 6.07 Å². The molecule has 0 saturated carbocycles. The molecule has 86 valence electrons. The van der Waals surface area contributed by atoms with Gasteiger partial charge in [-0.1, -0.05) is 23.7 Å². The third-order valence-electron chi connectivity index (χ3n) is 2.59. The molecule has 0 saturated heterocycles. The van der Waals surface area contributed by atoms with Crippen LogP contribution in [0.4, 0.5) is 0 Å². The van der Waals surface area contributed by atoms with Gasteiger partial charge in [0.25, 0.3) is 0 Å². The Hall–Kier alpha value is -1.86. The summed E-state index contributed by atoms with van der Waals surface area (Å²) in [6, 6.07) is 7.60. The van der Waals surface area contributed by atoms with Gasteiger partial charge in [-0.2, -0.15) is 5.26 Å². The minimum Gasteiger partial charge on any atom is -0.216 e. The Balaban J connectivity index is 2.61. The number of nitrogens with zero attached hydrogens (tertiary/aromatic N) is 4. The fraction of sp³-hybridized carbons (Fsp3) is 0.250. The van der Waals surface area contributed by atoms with E-state index in [4.69, 9.17) is 16.9 Å². The Kier molecular flexibility index (Phi) is 3.12. The molecule has 0 spiro atoms. The molecule has 0 aliphatic heterocycles. The molecule has 0 fully saturated rings. The third-order valence-corrected chi connectivity index (χ3v) is 2.83. The Morgan fingerprint density at radius 1 is 1.47 bits per heavy atom. The summed E-state index contributed by atoms with van der Waals surface area (Å²) < 4.78 is 1.70. The molecule has 2 aromatic rings. The van der Waals surface area contributed by atoms with Crippen molar-refractivity contribution in [2.24, 2.45) is 0 Å². The molecule has 2 rings (SSSR count). The van der Waals surface area contributed by atoms with Gasteiger partial charge in [0, 0.05) is 5.02 Å². The predicted octanol–water partition coefficient (Wildman–Crippen LogP) is 2.66. The van der Waals surface area contributed by atoms with Crippen molar-refractivity contribution in [1.82, 2.24) is 15.0 Å². The molecule has 0 amide bonds. The van der Waals surface area contributed by atoms with E-state index in [1.54, 1.807) is 10.7 Å². The number of aromatic nitrogens is 3. The van der Waals surface area contributed by atoms with Gasteiger partial charge in [0.2, 0.25) is 0 Å². The van der Waals surface area contributed by atoms with E-state index in [2.05, 4.69) is 10.3 Å². The summed E-state index contributed by atoms with van der Waals surface area (Å²) in [5, 5.41) is 17.5. The number of benzene rings is 1. The van der Waals surface area contributed by atoms with Gasteiger partial charge in [-0.05, 0) is 37.1 Å². The van der Waals surface area contributed by atoms with Crippen molar-refractivity contribution in [2.45, 2.75) is 20.3 Å². The lowest BCUT2D eigenvalue weighted by atomic mass is 10.2. The fourth-order valence-electron chi connectivity index (χ4n) is 1.76. The summed E-state index contributed by atoms with van der Waals surface area (Å²) in [6.07, 6.45) is 0.706. The maximum Gasteiger partial charge on any atom is 0.186 e. The minimum atomic E-state index is 0.377. The van der Waals surface area contributed by atoms with E-state index in [-0.39, 0.29) is 0 Å². The molecule has 0 bridgehead atoms. The first kappa shape index (κ1) is 11.6. The Bertz CT molecular complexity index is 595. The van der Waals surface area contributed by atoms with E-state index in [0.29, 0.717) is 17.1 Å². The van der Waals surface area contributed by atoms with Crippen LogP contribution in [0, 0.1) is 18.3 Å². The molecule has 0 radical (unpaired) electrons. The molecule has 1 heterocycles. The van der Waals surface area contributed by atoms with E-state index in [9.17, 15) is 0 Å². The van der Waals surface area contributed by atoms with Crippen LogP contribution in [-0.4, -0.2) is 15.0 Å². The van der Waals surface area contributed by atoms with Crippen LogP contribution in [0.2, 0.25) is 5.02 Å². The largest absolute Gasteiger partial charge is 0.216 e. The lowest BCUT2D eigenvalue weighted by Crippen LogP contribution is -2.04. The number of aryl methyl sites for hydroxylation is 1. The second kappa shape index (κ2) is 4.56. The number of hydrogen-bond acceptors (Lipinski definition) is 3. The summed E-state index contributed by atoms with van der Waals surface area (Å²) >= 11 is 5.91. The maximum absolute atomic E-state index is 8.94. The third kappa shape index (κ3) is 2.02. The van der Waals surface area contributed by atoms with E-state index >= 15 is 0 Å². The van der Waals surface area contributed by atoms with Crippen LogP contribution < -0.4 is 0 Å². The highest BCUT2D eigenvalue weighted by molar-refractivity contribution is 6.30. The van der Waals surface area contributed by atoms with Crippen molar-refractivity contribution in [2.75, 3.05) is 0 Å². The van der Waals surface area contributed by atoms with Gasteiger partial charge in [-0.15, -0.1) is 5.10 Å². The summed E-state index contributed by atoms with van der Waals surface area (Å²) in [7, 11) is 0. The average Bonchev–Trinajstić information content (AvgIpc) is 2.71. The second-order valence-corrected chi connectivity index (χ2v) is 4.13. The standard InChI is InChI=1S/C12H11ClN4/c1-3-11-10(7-14)15-16-17(11)12-5-4-9(13)6-8(12)2/h4-6H,3H2,1-2H3. The first-order valence-corrected chi connectivity index (χ1v) is 5.66.